The average Bonchev–Trinajstić information content (AvgIpc) is 3.37. The van der Waals surface area contributed by atoms with E-state index in [1.807, 2.05) is 48.7 Å². The number of para-hydroxylation sites is 2. The maximum absolute atomic E-state index is 12.9. The van der Waals surface area contributed by atoms with Crippen molar-refractivity contribution in [2.45, 2.75) is 12.5 Å². The minimum absolute atomic E-state index is 0.316. The molecule has 0 saturated carbocycles. The summed E-state index contributed by atoms with van der Waals surface area (Å²) >= 11 is 6.11. The number of fused-ring (bicyclic) bond motifs is 1. The third kappa shape index (κ3) is 4.83. The second-order valence-electron chi connectivity index (χ2n) is 8.09. The Morgan fingerprint density at radius 3 is 2.63 bits per heavy atom. The highest BCUT2D eigenvalue weighted by atomic mass is 35.5. The Morgan fingerprint density at radius 2 is 1.80 bits per heavy atom. The van der Waals surface area contributed by atoms with E-state index in [1.165, 1.54) is 0 Å². The summed E-state index contributed by atoms with van der Waals surface area (Å²) in [5, 5.41) is 6.76. The third-order valence-electron chi connectivity index (χ3n) is 5.69. The zero-order chi connectivity index (χ0) is 24.4. The van der Waals surface area contributed by atoms with E-state index in [0.29, 0.717) is 28.6 Å². The Bertz CT molecular complexity index is 1420. The van der Waals surface area contributed by atoms with Gasteiger partial charge in [-0.15, -0.1) is 0 Å². The van der Waals surface area contributed by atoms with E-state index in [2.05, 4.69) is 15.6 Å². The topological polar surface area (TPSA) is 104 Å². The lowest BCUT2D eigenvalue weighted by Gasteiger charge is -2.15. The van der Waals surface area contributed by atoms with Crippen molar-refractivity contribution in [1.29, 1.82) is 0 Å². The van der Waals surface area contributed by atoms with Crippen molar-refractivity contribution in [2.75, 3.05) is 11.9 Å². The molecule has 176 valence electrons. The van der Waals surface area contributed by atoms with Gasteiger partial charge in [0.05, 0.1) is 5.69 Å². The van der Waals surface area contributed by atoms with Gasteiger partial charge in [0.1, 0.15) is 18.3 Å². The van der Waals surface area contributed by atoms with Crippen molar-refractivity contribution >= 4 is 46.0 Å². The molecule has 0 spiro atoms. The summed E-state index contributed by atoms with van der Waals surface area (Å²) in [6, 6.07) is 20.3. The molecule has 9 heteroatoms. The number of hydrogen-bond acceptors (Lipinski definition) is 4. The standard InChI is InChI=1S/C26H21ClN4O4/c27-17-10-11-23(35-18-6-2-1-3-7-18)21(13-17)29-24(32)15-31-25(33)22(30-26(31)34)12-16-14-28-20-9-5-4-8-19(16)20/h1-11,13-14,22,28H,12,15H2,(H,29,32)(H,30,34)/t22-/m0/s1. The summed E-state index contributed by atoms with van der Waals surface area (Å²) in [6.07, 6.45) is 2.14. The van der Waals surface area contributed by atoms with Crippen molar-refractivity contribution in [3.05, 3.63) is 89.6 Å². The fourth-order valence-corrected chi connectivity index (χ4v) is 4.20. The molecule has 1 aliphatic heterocycles. The van der Waals surface area contributed by atoms with E-state index in [0.717, 1.165) is 21.4 Å². The van der Waals surface area contributed by atoms with Gasteiger partial charge in [-0.2, -0.15) is 0 Å². The molecule has 35 heavy (non-hydrogen) atoms. The van der Waals surface area contributed by atoms with Gasteiger partial charge >= 0.3 is 6.03 Å². The monoisotopic (exact) mass is 488 g/mol. The molecule has 1 aromatic heterocycles. The van der Waals surface area contributed by atoms with Gasteiger partial charge in [-0.1, -0.05) is 48.0 Å². The van der Waals surface area contributed by atoms with Gasteiger partial charge in [0, 0.05) is 28.5 Å². The first-order valence-electron chi connectivity index (χ1n) is 11.0. The largest absolute Gasteiger partial charge is 0.455 e. The quantitative estimate of drug-likeness (QED) is 0.327. The highest BCUT2D eigenvalue weighted by Gasteiger charge is 2.39. The smallest absolute Gasteiger partial charge is 0.325 e. The van der Waals surface area contributed by atoms with E-state index in [-0.39, 0.29) is 0 Å². The van der Waals surface area contributed by atoms with Crippen molar-refractivity contribution in [3.8, 4) is 11.5 Å². The van der Waals surface area contributed by atoms with E-state index in [9.17, 15) is 14.4 Å². The number of nitrogens with zero attached hydrogens (tertiary/aromatic N) is 1. The molecule has 3 aromatic carbocycles. The predicted octanol–water partition coefficient (Wildman–Crippen LogP) is 4.72. The van der Waals surface area contributed by atoms with Gasteiger partial charge < -0.3 is 20.4 Å². The molecular formula is C26H21ClN4O4. The van der Waals surface area contributed by atoms with Crippen molar-refractivity contribution in [3.63, 3.8) is 0 Å². The normalized spacial score (nSPS) is 15.3. The van der Waals surface area contributed by atoms with Crippen LogP contribution in [0.2, 0.25) is 5.02 Å². The van der Waals surface area contributed by atoms with Crippen LogP contribution >= 0.6 is 11.6 Å². The van der Waals surface area contributed by atoms with Crippen LogP contribution in [-0.4, -0.2) is 40.3 Å². The van der Waals surface area contributed by atoms with Crippen LogP contribution in [0.1, 0.15) is 5.56 Å². The van der Waals surface area contributed by atoms with E-state index in [4.69, 9.17) is 16.3 Å². The van der Waals surface area contributed by atoms with Crippen LogP contribution in [0.4, 0.5) is 10.5 Å². The average molecular weight is 489 g/mol. The van der Waals surface area contributed by atoms with Crippen molar-refractivity contribution < 1.29 is 19.1 Å². The number of hydrogen-bond donors (Lipinski definition) is 3. The molecule has 4 aromatic rings. The van der Waals surface area contributed by atoms with Gasteiger partial charge in [-0.3, -0.25) is 14.5 Å². The second-order valence-corrected chi connectivity index (χ2v) is 8.53. The summed E-state index contributed by atoms with van der Waals surface area (Å²) in [5.74, 6) is -0.0494. The number of nitrogens with one attached hydrogen (secondary N) is 3. The number of rotatable bonds is 7. The number of aromatic amines is 1. The third-order valence-corrected chi connectivity index (χ3v) is 5.93. The molecule has 1 fully saturated rings. The molecule has 8 nitrogen and oxygen atoms in total. The summed E-state index contributed by atoms with van der Waals surface area (Å²) in [7, 11) is 0. The number of ether oxygens (including phenoxy) is 1. The van der Waals surface area contributed by atoms with Gasteiger partial charge in [0.2, 0.25) is 5.91 Å². The van der Waals surface area contributed by atoms with Gasteiger partial charge in [0.25, 0.3) is 5.91 Å². The molecule has 0 radical (unpaired) electrons. The van der Waals surface area contributed by atoms with Crippen LogP contribution in [0.25, 0.3) is 10.9 Å². The Morgan fingerprint density at radius 1 is 1.03 bits per heavy atom. The highest BCUT2D eigenvalue weighted by Crippen LogP contribution is 2.32. The summed E-state index contributed by atoms with van der Waals surface area (Å²) in [6.45, 7) is -0.438. The van der Waals surface area contributed by atoms with Crippen LogP contribution in [0.15, 0.2) is 79.0 Å². The summed E-state index contributed by atoms with van der Waals surface area (Å²) < 4.78 is 5.85. The van der Waals surface area contributed by atoms with Gasteiger partial charge in [0.15, 0.2) is 5.75 Å². The minimum atomic E-state index is -0.752. The first-order chi connectivity index (χ1) is 17.0. The maximum atomic E-state index is 12.9. The molecule has 3 N–H and O–H groups in total. The molecule has 1 saturated heterocycles. The minimum Gasteiger partial charge on any atom is -0.455 e. The summed E-state index contributed by atoms with van der Waals surface area (Å²) in [5.41, 5.74) is 2.19. The molecule has 4 amide bonds. The number of urea groups is 1. The fraction of sp³-hybridized carbons (Fsp3) is 0.115. The Hall–Kier alpha value is -4.30. The number of halogens is 1. The number of anilines is 1. The lowest BCUT2D eigenvalue weighted by Crippen LogP contribution is -2.38. The number of carbonyl (C=O) groups excluding carboxylic acids is 3. The maximum Gasteiger partial charge on any atom is 0.325 e. The molecule has 1 atom stereocenters. The Labute approximate surface area is 205 Å². The Balaban J connectivity index is 1.27. The SMILES string of the molecule is O=C(CN1C(=O)N[C@@H](Cc2c[nH]c3ccccc23)C1=O)Nc1cc(Cl)ccc1Oc1ccccc1. The van der Waals surface area contributed by atoms with Gasteiger partial charge in [-0.05, 0) is 42.0 Å². The van der Waals surface area contributed by atoms with Crippen LogP contribution in [-0.2, 0) is 16.0 Å². The second kappa shape index (κ2) is 9.52. The van der Waals surface area contributed by atoms with Crippen LogP contribution in [0, 0.1) is 0 Å². The number of aromatic nitrogens is 1. The molecule has 5 rings (SSSR count). The van der Waals surface area contributed by atoms with Crippen LogP contribution < -0.4 is 15.4 Å². The zero-order valence-corrected chi connectivity index (χ0v) is 19.2. The molecule has 2 heterocycles. The van der Waals surface area contributed by atoms with Crippen molar-refractivity contribution in [1.82, 2.24) is 15.2 Å². The number of carbonyl (C=O) groups is 3. The first kappa shape index (κ1) is 22.5. The highest BCUT2D eigenvalue weighted by molar-refractivity contribution is 6.31. The zero-order valence-electron chi connectivity index (χ0n) is 18.5. The molecule has 0 unspecified atom stereocenters. The van der Waals surface area contributed by atoms with E-state index >= 15 is 0 Å². The van der Waals surface area contributed by atoms with E-state index in [1.54, 1.807) is 30.3 Å². The fourth-order valence-electron chi connectivity index (χ4n) is 4.02. The molecule has 0 bridgehead atoms. The van der Waals surface area contributed by atoms with Crippen LogP contribution in [0.5, 0.6) is 11.5 Å². The van der Waals surface area contributed by atoms with Crippen LogP contribution in [0.3, 0.4) is 0 Å². The van der Waals surface area contributed by atoms with Crippen molar-refractivity contribution in [2.24, 2.45) is 0 Å². The number of amides is 4. The lowest BCUT2D eigenvalue weighted by molar-refractivity contribution is -0.130. The van der Waals surface area contributed by atoms with Gasteiger partial charge in [-0.25, -0.2) is 4.79 Å². The Kier molecular flexibility index (Phi) is 6.12. The summed E-state index contributed by atoms with van der Waals surface area (Å²) in [4.78, 5) is 42.3. The number of imide groups is 1. The number of benzene rings is 3. The lowest BCUT2D eigenvalue weighted by atomic mass is 10.1. The molecular weight excluding hydrogens is 468 g/mol. The molecule has 0 aliphatic carbocycles. The van der Waals surface area contributed by atoms with E-state index < -0.39 is 30.4 Å². The number of H-pyrrole nitrogens is 1. The molecule has 1 aliphatic rings. The first-order valence-corrected chi connectivity index (χ1v) is 11.3. The predicted molar refractivity (Wildman–Crippen MR) is 133 cm³/mol.